The molecule has 2 aliphatic heterocycles. The van der Waals surface area contributed by atoms with Crippen LogP contribution in [0.2, 0.25) is 0 Å². The van der Waals surface area contributed by atoms with Crippen LogP contribution in [0.15, 0.2) is 48.5 Å². The lowest BCUT2D eigenvalue weighted by atomic mass is 9.84. The molecule has 27 heavy (non-hydrogen) atoms. The number of phenols is 1. The minimum Gasteiger partial charge on any atom is -0.508 e. The fourth-order valence-corrected chi connectivity index (χ4v) is 4.21. The van der Waals surface area contributed by atoms with Crippen LogP contribution in [0.4, 0.5) is 0 Å². The van der Waals surface area contributed by atoms with Crippen LogP contribution in [-0.4, -0.2) is 51.6 Å². The van der Waals surface area contributed by atoms with E-state index in [-0.39, 0.29) is 11.8 Å². The second kappa shape index (κ2) is 7.50. The molecule has 144 valence electrons. The predicted molar refractivity (Wildman–Crippen MR) is 103 cm³/mol. The Morgan fingerprint density at radius 1 is 1.07 bits per heavy atom. The van der Waals surface area contributed by atoms with Crippen molar-refractivity contribution in [2.45, 2.75) is 43.4 Å². The van der Waals surface area contributed by atoms with Crippen LogP contribution in [0.25, 0.3) is 0 Å². The summed E-state index contributed by atoms with van der Waals surface area (Å²) in [6, 6.07) is 15.0. The van der Waals surface area contributed by atoms with E-state index < -0.39 is 11.7 Å². The summed E-state index contributed by atoms with van der Waals surface area (Å²) in [5.74, 6) is 0.691. The van der Waals surface area contributed by atoms with Crippen LogP contribution in [0.1, 0.15) is 36.5 Å². The zero-order chi connectivity index (χ0) is 18.9. The first-order valence-electron chi connectivity index (χ1n) is 9.68. The minimum atomic E-state index is -0.648. The number of hydrogen-bond acceptors (Lipinski definition) is 5. The summed E-state index contributed by atoms with van der Waals surface area (Å²) in [6.45, 7) is 1.87. The third kappa shape index (κ3) is 3.95. The van der Waals surface area contributed by atoms with Gasteiger partial charge in [-0.2, -0.15) is 0 Å². The summed E-state index contributed by atoms with van der Waals surface area (Å²) < 4.78 is 5.77. The van der Waals surface area contributed by atoms with Gasteiger partial charge in [-0.05, 0) is 43.4 Å². The highest BCUT2D eigenvalue weighted by Crippen LogP contribution is 2.38. The summed E-state index contributed by atoms with van der Waals surface area (Å²) >= 11 is 0. The van der Waals surface area contributed by atoms with E-state index in [0.29, 0.717) is 30.8 Å². The molecule has 2 aromatic carbocycles. The molecule has 0 bridgehead atoms. The monoisotopic (exact) mass is 369 g/mol. The average Bonchev–Trinajstić information content (AvgIpc) is 2.69. The number of aromatic hydroxyl groups is 1. The van der Waals surface area contributed by atoms with Crippen molar-refractivity contribution in [2.75, 3.05) is 19.7 Å². The zero-order valence-corrected chi connectivity index (χ0v) is 15.4. The summed E-state index contributed by atoms with van der Waals surface area (Å²) in [6.07, 6.45) is 2.39. The normalized spacial score (nSPS) is 24.8. The number of hydrogen-bond donors (Lipinski definition) is 3. The standard InChI is InChI=1S/C22H27NO4/c24-17-6-7-18-20(14-17)27-15-19(21(18)25)23-12-10-22(26,11-13-23)9-8-16-4-2-1-3-5-16/h1-7,14,19,21,24-26H,8-13,15H2. The summed E-state index contributed by atoms with van der Waals surface area (Å²) in [7, 11) is 0. The Hall–Kier alpha value is -2.08. The van der Waals surface area contributed by atoms with Crippen molar-refractivity contribution < 1.29 is 20.1 Å². The van der Waals surface area contributed by atoms with Gasteiger partial charge in [-0.3, -0.25) is 4.90 Å². The molecule has 0 aromatic heterocycles. The van der Waals surface area contributed by atoms with E-state index >= 15 is 0 Å². The molecule has 0 spiro atoms. The molecule has 3 N–H and O–H groups in total. The first-order valence-corrected chi connectivity index (χ1v) is 9.68. The maximum absolute atomic E-state index is 11.0. The van der Waals surface area contributed by atoms with Gasteiger partial charge in [0.15, 0.2) is 0 Å². The number of ether oxygens (including phenoxy) is 1. The Morgan fingerprint density at radius 2 is 1.81 bits per heavy atom. The Balaban J connectivity index is 1.35. The van der Waals surface area contributed by atoms with Crippen LogP contribution in [-0.2, 0) is 6.42 Å². The van der Waals surface area contributed by atoms with Crippen molar-refractivity contribution in [3.8, 4) is 11.5 Å². The molecular formula is C22H27NO4. The van der Waals surface area contributed by atoms with Gasteiger partial charge in [-0.25, -0.2) is 0 Å². The molecule has 2 aromatic rings. The van der Waals surface area contributed by atoms with Crippen LogP contribution in [0.3, 0.4) is 0 Å². The van der Waals surface area contributed by atoms with Gasteiger partial charge in [0.05, 0.1) is 11.6 Å². The van der Waals surface area contributed by atoms with Gasteiger partial charge >= 0.3 is 0 Å². The minimum absolute atomic E-state index is 0.124. The smallest absolute Gasteiger partial charge is 0.128 e. The molecule has 2 heterocycles. The van der Waals surface area contributed by atoms with Crippen molar-refractivity contribution in [1.82, 2.24) is 4.90 Å². The van der Waals surface area contributed by atoms with Crippen molar-refractivity contribution in [3.63, 3.8) is 0 Å². The Morgan fingerprint density at radius 3 is 2.56 bits per heavy atom. The molecule has 2 atom stereocenters. The number of piperidine rings is 1. The molecule has 2 unspecified atom stereocenters. The molecule has 1 fully saturated rings. The first-order chi connectivity index (χ1) is 13.0. The average molecular weight is 369 g/mol. The topological polar surface area (TPSA) is 73.2 Å². The molecule has 0 amide bonds. The lowest BCUT2D eigenvalue weighted by molar-refractivity contribution is -0.0663. The second-order valence-electron chi connectivity index (χ2n) is 7.79. The number of benzene rings is 2. The number of likely N-dealkylation sites (tertiary alicyclic amines) is 1. The van der Waals surface area contributed by atoms with Crippen LogP contribution in [0, 0.1) is 0 Å². The first kappa shape index (κ1) is 18.3. The van der Waals surface area contributed by atoms with Crippen molar-refractivity contribution in [3.05, 3.63) is 59.7 Å². The zero-order valence-electron chi connectivity index (χ0n) is 15.4. The van der Waals surface area contributed by atoms with E-state index in [1.54, 1.807) is 18.2 Å². The van der Waals surface area contributed by atoms with E-state index in [4.69, 9.17) is 4.74 Å². The van der Waals surface area contributed by atoms with Crippen LogP contribution >= 0.6 is 0 Å². The lowest BCUT2D eigenvalue weighted by Gasteiger charge is -2.44. The van der Waals surface area contributed by atoms with Gasteiger partial charge < -0.3 is 20.1 Å². The Bertz CT molecular complexity index is 771. The highest BCUT2D eigenvalue weighted by molar-refractivity contribution is 5.43. The van der Waals surface area contributed by atoms with E-state index in [1.165, 1.54) is 5.56 Å². The fourth-order valence-electron chi connectivity index (χ4n) is 4.21. The van der Waals surface area contributed by atoms with E-state index in [2.05, 4.69) is 17.0 Å². The Kier molecular flexibility index (Phi) is 5.08. The van der Waals surface area contributed by atoms with Gasteiger partial charge in [0.2, 0.25) is 0 Å². The molecule has 2 aliphatic rings. The molecule has 4 rings (SSSR count). The third-order valence-electron chi connectivity index (χ3n) is 6.01. The summed E-state index contributed by atoms with van der Waals surface area (Å²) in [5.41, 5.74) is 1.33. The third-order valence-corrected chi connectivity index (χ3v) is 6.01. The number of aliphatic hydroxyl groups excluding tert-OH is 1. The molecule has 5 nitrogen and oxygen atoms in total. The second-order valence-corrected chi connectivity index (χ2v) is 7.79. The fraction of sp³-hybridized carbons (Fsp3) is 0.455. The number of aryl methyl sites for hydroxylation is 1. The highest BCUT2D eigenvalue weighted by Gasteiger charge is 2.39. The maximum atomic E-state index is 11.0. The van der Waals surface area contributed by atoms with Crippen LogP contribution < -0.4 is 4.74 Å². The molecular weight excluding hydrogens is 342 g/mol. The maximum Gasteiger partial charge on any atom is 0.128 e. The largest absolute Gasteiger partial charge is 0.508 e. The Labute approximate surface area is 159 Å². The number of fused-ring (bicyclic) bond motifs is 1. The van der Waals surface area contributed by atoms with Gasteiger partial charge in [-0.15, -0.1) is 0 Å². The summed E-state index contributed by atoms with van der Waals surface area (Å²) in [4.78, 5) is 2.22. The number of aliphatic hydroxyl groups is 2. The van der Waals surface area contributed by atoms with Gasteiger partial charge in [-0.1, -0.05) is 30.3 Å². The SMILES string of the molecule is Oc1ccc2c(c1)OCC(N1CCC(O)(CCc3ccccc3)CC1)C2O. The quantitative estimate of drug-likeness (QED) is 0.773. The predicted octanol–water partition coefficient (Wildman–Crippen LogP) is 2.65. The molecule has 1 saturated heterocycles. The molecule has 0 radical (unpaired) electrons. The van der Waals surface area contributed by atoms with E-state index in [1.807, 2.05) is 18.2 Å². The molecule has 0 saturated carbocycles. The number of phenolic OH excluding ortho intramolecular Hbond substituents is 1. The molecule has 5 heteroatoms. The van der Waals surface area contributed by atoms with Crippen molar-refractivity contribution >= 4 is 0 Å². The van der Waals surface area contributed by atoms with Crippen molar-refractivity contribution in [1.29, 1.82) is 0 Å². The summed E-state index contributed by atoms with van der Waals surface area (Å²) in [5, 5.41) is 31.3. The van der Waals surface area contributed by atoms with E-state index in [9.17, 15) is 15.3 Å². The molecule has 0 aliphatic carbocycles. The van der Waals surface area contributed by atoms with E-state index in [0.717, 1.165) is 25.9 Å². The van der Waals surface area contributed by atoms with Crippen molar-refractivity contribution in [2.24, 2.45) is 0 Å². The highest BCUT2D eigenvalue weighted by atomic mass is 16.5. The lowest BCUT2D eigenvalue weighted by Crippen LogP contribution is -2.53. The van der Waals surface area contributed by atoms with Gasteiger partial charge in [0.1, 0.15) is 24.2 Å². The number of rotatable bonds is 4. The van der Waals surface area contributed by atoms with Crippen LogP contribution in [0.5, 0.6) is 11.5 Å². The number of nitrogens with zero attached hydrogens (tertiary/aromatic N) is 1. The van der Waals surface area contributed by atoms with Gasteiger partial charge in [0.25, 0.3) is 0 Å². The van der Waals surface area contributed by atoms with Gasteiger partial charge in [0, 0.05) is 24.7 Å².